The lowest BCUT2D eigenvalue weighted by Crippen LogP contribution is -1.93. The minimum Gasteiger partial charge on any atom is -0.237 e. The first kappa shape index (κ1) is 30.0. The molecule has 0 N–H and O–H groups in total. The average Bonchev–Trinajstić information content (AvgIpc) is 3.23. The van der Waals surface area contributed by atoms with Gasteiger partial charge in [-0.1, -0.05) is 170 Å². The summed E-state index contributed by atoms with van der Waals surface area (Å²) in [5.74, 6) is 0.718. The predicted molar refractivity (Wildman–Crippen MR) is 219 cm³/mol. The zero-order chi connectivity index (χ0) is 34.4. The Bertz CT molecular complexity index is 2920. The van der Waals surface area contributed by atoms with E-state index in [9.17, 15) is 0 Å². The summed E-state index contributed by atoms with van der Waals surface area (Å²) in [5, 5.41) is 9.84. The van der Waals surface area contributed by atoms with Gasteiger partial charge in [0.05, 0.1) is 0 Å². The second kappa shape index (κ2) is 12.5. The number of fused-ring (bicyclic) bond motifs is 4. The Morgan fingerprint density at radius 2 is 0.673 bits per heavy atom. The summed E-state index contributed by atoms with van der Waals surface area (Å²) in [4.78, 5) is 9.24. The molecule has 0 saturated heterocycles. The van der Waals surface area contributed by atoms with Crippen LogP contribution in [-0.4, -0.2) is 9.97 Å². The normalized spacial score (nSPS) is 11.5. The van der Waals surface area contributed by atoms with E-state index in [1.165, 1.54) is 87.6 Å². The van der Waals surface area contributed by atoms with Crippen molar-refractivity contribution in [2.45, 2.75) is 0 Å². The van der Waals surface area contributed by atoms with Gasteiger partial charge < -0.3 is 0 Å². The van der Waals surface area contributed by atoms with Crippen LogP contribution in [0.1, 0.15) is 0 Å². The Balaban J connectivity index is 1.18. The summed E-state index contributed by atoms with van der Waals surface area (Å²) < 4.78 is 0. The first-order chi connectivity index (χ1) is 25.8. The van der Waals surface area contributed by atoms with Crippen LogP contribution in [0.3, 0.4) is 0 Å². The van der Waals surface area contributed by atoms with E-state index < -0.39 is 0 Å². The van der Waals surface area contributed by atoms with Gasteiger partial charge in [-0.05, 0) is 99.7 Å². The molecule has 1 aromatic heterocycles. The van der Waals surface area contributed by atoms with Crippen LogP contribution in [0, 0.1) is 0 Å². The molecule has 1 heterocycles. The molecule has 0 aliphatic carbocycles. The van der Waals surface area contributed by atoms with E-state index in [-0.39, 0.29) is 0 Å². The zero-order valence-electron chi connectivity index (χ0n) is 28.4. The standard InChI is InChI=1S/C50H32N2/c1-3-14-40-33(10-1)12-7-18-42(40)35-20-24-37(25-21-35)48-44-16-5-6-17-45(44)49(47-32-39(28-29-46(47)48)50-51-30-9-31-52-50)38-26-22-36(23-27-38)43-19-8-13-34-11-2-4-15-41(34)43/h1-32H. The van der Waals surface area contributed by atoms with Gasteiger partial charge in [-0.15, -0.1) is 0 Å². The minimum atomic E-state index is 0.718. The Hall–Kier alpha value is -6.90. The van der Waals surface area contributed by atoms with E-state index in [4.69, 9.17) is 0 Å². The molecule has 0 aliphatic rings. The molecule has 0 bridgehead atoms. The molecule has 0 amide bonds. The molecule has 10 aromatic rings. The number of benzene rings is 9. The fourth-order valence-electron chi connectivity index (χ4n) is 7.97. The molecular formula is C50H32N2. The van der Waals surface area contributed by atoms with Gasteiger partial charge in [0, 0.05) is 18.0 Å². The lowest BCUT2D eigenvalue weighted by molar-refractivity contribution is 1.18. The molecule has 0 radical (unpaired) electrons. The maximum Gasteiger partial charge on any atom is 0.159 e. The summed E-state index contributed by atoms with van der Waals surface area (Å²) in [6.07, 6.45) is 3.62. The lowest BCUT2D eigenvalue weighted by Gasteiger charge is -2.19. The maximum atomic E-state index is 4.62. The van der Waals surface area contributed by atoms with Crippen molar-refractivity contribution in [3.05, 3.63) is 194 Å². The van der Waals surface area contributed by atoms with Crippen molar-refractivity contribution in [2.75, 3.05) is 0 Å². The van der Waals surface area contributed by atoms with Crippen molar-refractivity contribution in [2.24, 2.45) is 0 Å². The van der Waals surface area contributed by atoms with Gasteiger partial charge in [0.15, 0.2) is 5.82 Å². The second-order valence-electron chi connectivity index (χ2n) is 13.3. The van der Waals surface area contributed by atoms with Crippen LogP contribution in [-0.2, 0) is 0 Å². The number of nitrogens with zero attached hydrogens (tertiary/aromatic N) is 2. The van der Waals surface area contributed by atoms with Crippen LogP contribution in [0.5, 0.6) is 0 Å². The van der Waals surface area contributed by atoms with E-state index in [0.717, 1.165) is 11.4 Å². The molecule has 0 unspecified atom stereocenters. The van der Waals surface area contributed by atoms with Gasteiger partial charge in [-0.3, -0.25) is 0 Å². The Labute approximate surface area is 302 Å². The molecular weight excluding hydrogens is 629 g/mol. The van der Waals surface area contributed by atoms with Crippen molar-refractivity contribution < 1.29 is 0 Å². The SMILES string of the molecule is c1cnc(-c2ccc3c(-c4ccc(-c5cccc6ccccc56)cc4)c4ccccc4c(-c4ccc(-c5cccc6ccccc56)cc4)c3c2)nc1. The van der Waals surface area contributed by atoms with Gasteiger partial charge in [-0.2, -0.15) is 0 Å². The number of rotatable bonds is 5. The van der Waals surface area contributed by atoms with E-state index in [2.05, 4.69) is 186 Å². The third-order valence-electron chi connectivity index (χ3n) is 10.4. The summed E-state index contributed by atoms with van der Waals surface area (Å²) in [7, 11) is 0. The van der Waals surface area contributed by atoms with Crippen molar-refractivity contribution >= 4 is 43.1 Å². The molecule has 242 valence electrons. The highest BCUT2D eigenvalue weighted by Gasteiger charge is 2.18. The molecule has 0 spiro atoms. The predicted octanol–water partition coefficient (Wildman–Crippen LogP) is 13.4. The fourth-order valence-corrected chi connectivity index (χ4v) is 7.97. The molecule has 2 nitrogen and oxygen atoms in total. The van der Waals surface area contributed by atoms with Crippen LogP contribution < -0.4 is 0 Å². The number of hydrogen-bond acceptors (Lipinski definition) is 2. The number of aromatic nitrogens is 2. The number of hydrogen-bond donors (Lipinski definition) is 0. The third-order valence-corrected chi connectivity index (χ3v) is 10.4. The molecule has 0 fully saturated rings. The van der Waals surface area contributed by atoms with E-state index in [0.29, 0.717) is 0 Å². The average molecular weight is 661 g/mol. The van der Waals surface area contributed by atoms with Gasteiger partial charge in [-0.25, -0.2) is 9.97 Å². The van der Waals surface area contributed by atoms with Crippen LogP contribution in [0.25, 0.3) is 99.0 Å². The first-order valence-corrected chi connectivity index (χ1v) is 17.7. The quantitative estimate of drug-likeness (QED) is 0.172. The zero-order valence-corrected chi connectivity index (χ0v) is 28.4. The highest BCUT2D eigenvalue weighted by molar-refractivity contribution is 6.22. The molecule has 0 aliphatic heterocycles. The van der Waals surface area contributed by atoms with Crippen LogP contribution in [0.15, 0.2) is 194 Å². The Morgan fingerprint density at radius 1 is 0.269 bits per heavy atom. The van der Waals surface area contributed by atoms with Crippen LogP contribution in [0.2, 0.25) is 0 Å². The maximum absolute atomic E-state index is 4.62. The molecule has 9 aromatic carbocycles. The molecule has 52 heavy (non-hydrogen) atoms. The Morgan fingerprint density at radius 3 is 1.21 bits per heavy atom. The fraction of sp³-hybridized carbons (Fsp3) is 0. The molecule has 0 saturated carbocycles. The first-order valence-electron chi connectivity index (χ1n) is 17.7. The van der Waals surface area contributed by atoms with Crippen molar-refractivity contribution in [1.29, 1.82) is 0 Å². The molecule has 10 rings (SSSR count). The van der Waals surface area contributed by atoms with Gasteiger partial charge in [0.25, 0.3) is 0 Å². The summed E-state index contributed by atoms with van der Waals surface area (Å²) in [6, 6.07) is 65.9. The van der Waals surface area contributed by atoms with Crippen molar-refractivity contribution in [3.63, 3.8) is 0 Å². The molecule has 0 atom stereocenters. The minimum absolute atomic E-state index is 0.718. The largest absolute Gasteiger partial charge is 0.237 e. The topological polar surface area (TPSA) is 25.8 Å². The van der Waals surface area contributed by atoms with Crippen molar-refractivity contribution in [1.82, 2.24) is 9.97 Å². The Kier molecular flexibility index (Phi) is 7.18. The highest BCUT2D eigenvalue weighted by Crippen LogP contribution is 2.45. The monoisotopic (exact) mass is 660 g/mol. The third kappa shape index (κ3) is 5.04. The van der Waals surface area contributed by atoms with Gasteiger partial charge in [0.2, 0.25) is 0 Å². The summed E-state index contributed by atoms with van der Waals surface area (Å²) in [5.41, 5.74) is 10.7. The molecule has 2 heteroatoms. The van der Waals surface area contributed by atoms with Crippen LogP contribution in [0.4, 0.5) is 0 Å². The summed E-state index contributed by atoms with van der Waals surface area (Å²) in [6.45, 7) is 0. The van der Waals surface area contributed by atoms with Gasteiger partial charge in [0.1, 0.15) is 0 Å². The van der Waals surface area contributed by atoms with Crippen LogP contribution >= 0.6 is 0 Å². The second-order valence-corrected chi connectivity index (χ2v) is 13.3. The highest BCUT2D eigenvalue weighted by atomic mass is 14.8. The van der Waals surface area contributed by atoms with Crippen molar-refractivity contribution in [3.8, 4) is 55.9 Å². The van der Waals surface area contributed by atoms with Gasteiger partial charge >= 0.3 is 0 Å². The lowest BCUT2D eigenvalue weighted by atomic mass is 9.84. The smallest absolute Gasteiger partial charge is 0.159 e. The summed E-state index contributed by atoms with van der Waals surface area (Å²) >= 11 is 0. The van der Waals surface area contributed by atoms with E-state index >= 15 is 0 Å². The van der Waals surface area contributed by atoms with E-state index in [1.807, 2.05) is 18.5 Å². The van der Waals surface area contributed by atoms with E-state index in [1.54, 1.807) is 0 Å².